The zero-order valence-electron chi connectivity index (χ0n) is 8.40. The maximum absolute atomic E-state index is 10.6. The van der Waals surface area contributed by atoms with Crippen molar-refractivity contribution in [3.05, 3.63) is 12.7 Å². The molecule has 1 heterocycles. The Labute approximate surface area is 83.9 Å². The van der Waals surface area contributed by atoms with Crippen LogP contribution in [0.15, 0.2) is 12.7 Å². The number of hydrogen-bond donors (Lipinski definition) is 2. The van der Waals surface area contributed by atoms with E-state index in [1.165, 1.54) is 0 Å². The van der Waals surface area contributed by atoms with Gasteiger partial charge in [0.25, 0.3) is 0 Å². The lowest BCUT2D eigenvalue weighted by Crippen LogP contribution is -2.33. The Bertz CT molecular complexity index is 217. The molecule has 1 aliphatic heterocycles. The first-order valence-corrected chi connectivity index (χ1v) is 4.87. The first kappa shape index (κ1) is 11.2. The number of carbonyl (C=O) groups is 1. The standard InChI is InChI=1S/C10H17NO3/c1-3-7(2)11-6-8-4-5-9(14-8)10(12)13/h3,7-9,11H,1,4-6H2,2H3,(H,12,13). The maximum Gasteiger partial charge on any atom is 0.332 e. The van der Waals surface area contributed by atoms with E-state index in [-0.39, 0.29) is 12.1 Å². The molecular weight excluding hydrogens is 182 g/mol. The van der Waals surface area contributed by atoms with Gasteiger partial charge in [-0.25, -0.2) is 4.79 Å². The fourth-order valence-electron chi connectivity index (χ4n) is 1.44. The number of carboxylic acid groups (broad SMARTS) is 1. The zero-order chi connectivity index (χ0) is 10.6. The largest absolute Gasteiger partial charge is 0.479 e. The van der Waals surface area contributed by atoms with Crippen LogP contribution in [0, 0.1) is 0 Å². The van der Waals surface area contributed by atoms with Crippen molar-refractivity contribution in [3.8, 4) is 0 Å². The summed E-state index contributed by atoms with van der Waals surface area (Å²) < 4.78 is 5.32. The Hall–Kier alpha value is -0.870. The van der Waals surface area contributed by atoms with Crippen LogP contribution in [0.4, 0.5) is 0 Å². The minimum atomic E-state index is -0.857. The van der Waals surface area contributed by atoms with Gasteiger partial charge < -0.3 is 15.2 Å². The third-order valence-electron chi connectivity index (χ3n) is 2.40. The summed E-state index contributed by atoms with van der Waals surface area (Å²) in [5, 5.41) is 11.9. The average molecular weight is 199 g/mol. The summed E-state index contributed by atoms with van der Waals surface area (Å²) in [6.45, 7) is 6.34. The molecule has 0 aliphatic carbocycles. The molecule has 0 amide bonds. The zero-order valence-corrected chi connectivity index (χ0v) is 8.40. The van der Waals surface area contributed by atoms with Gasteiger partial charge in [0.05, 0.1) is 6.10 Å². The minimum absolute atomic E-state index is 0.0264. The lowest BCUT2D eigenvalue weighted by Gasteiger charge is -2.14. The summed E-state index contributed by atoms with van der Waals surface area (Å²) in [5.74, 6) is -0.857. The van der Waals surface area contributed by atoms with Gasteiger partial charge in [-0.3, -0.25) is 0 Å². The molecule has 0 bridgehead atoms. The molecule has 1 fully saturated rings. The number of hydrogen-bond acceptors (Lipinski definition) is 3. The topological polar surface area (TPSA) is 58.6 Å². The SMILES string of the molecule is C=CC(C)NCC1CCC(C(=O)O)O1. The number of carboxylic acids is 1. The predicted molar refractivity (Wildman–Crippen MR) is 53.2 cm³/mol. The van der Waals surface area contributed by atoms with Gasteiger partial charge in [-0.05, 0) is 19.8 Å². The van der Waals surface area contributed by atoms with Gasteiger partial charge in [0.15, 0.2) is 6.10 Å². The molecule has 0 spiro atoms. The molecule has 1 aliphatic rings. The van der Waals surface area contributed by atoms with Gasteiger partial charge in [-0.15, -0.1) is 6.58 Å². The van der Waals surface area contributed by atoms with Gasteiger partial charge in [0, 0.05) is 12.6 Å². The lowest BCUT2D eigenvalue weighted by molar-refractivity contribution is -0.149. The molecule has 2 N–H and O–H groups in total. The number of ether oxygens (including phenoxy) is 1. The molecule has 1 rings (SSSR count). The normalized spacial score (nSPS) is 28.6. The van der Waals surface area contributed by atoms with E-state index in [0.29, 0.717) is 13.0 Å². The summed E-state index contributed by atoms with van der Waals surface area (Å²) in [6, 6.07) is 0.238. The molecule has 1 saturated heterocycles. The summed E-state index contributed by atoms with van der Waals surface area (Å²) in [6.07, 6.45) is 2.65. The van der Waals surface area contributed by atoms with Crippen LogP contribution in [0.2, 0.25) is 0 Å². The maximum atomic E-state index is 10.6. The van der Waals surface area contributed by atoms with E-state index in [9.17, 15) is 4.79 Å². The van der Waals surface area contributed by atoms with Gasteiger partial charge in [-0.2, -0.15) is 0 Å². The van der Waals surface area contributed by atoms with Crippen molar-refractivity contribution in [1.82, 2.24) is 5.32 Å². The Kier molecular flexibility index (Phi) is 4.10. The van der Waals surface area contributed by atoms with E-state index in [0.717, 1.165) is 6.42 Å². The Balaban J connectivity index is 2.22. The molecule has 3 unspecified atom stereocenters. The summed E-state index contributed by atoms with van der Waals surface area (Å²) in [4.78, 5) is 10.6. The molecule has 3 atom stereocenters. The van der Waals surface area contributed by atoms with E-state index in [4.69, 9.17) is 9.84 Å². The fraction of sp³-hybridized carbons (Fsp3) is 0.700. The second-order valence-electron chi connectivity index (χ2n) is 3.59. The van der Waals surface area contributed by atoms with Crippen molar-refractivity contribution in [2.24, 2.45) is 0 Å². The molecule has 0 saturated carbocycles. The smallest absolute Gasteiger partial charge is 0.332 e. The predicted octanol–water partition coefficient (Wildman–Crippen LogP) is 0.783. The highest BCUT2D eigenvalue weighted by Crippen LogP contribution is 2.19. The molecule has 4 heteroatoms. The van der Waals surface area contributed by atoms with E-state index in [1.54, 1.807) is 0 Å². The molecule has 0 aromatic rings. The van der Waals surface area contributed by atoms with Crippen molar-refractivity contribution in [2.75, 3.05) is 6.54 Å². The Morgan fingerprint density at radius 3 is 3.00 bits per heavy atom. The highest BCUT2D eigenvalue weighted by molar-refractivity contribution is 5.72. The van der Waals surface area contributed by atoms with Crippen LogP contribution in [0.3, 0.4) is 0 Å². The van der Waals surface area contributed by atoms with Crippen molar-refractivity contribution < 1.29 is 14.6 Å². The summed E-state index contributed by atoms with van der Waals surface area (Å²) in [5.41, 5.74) is 0. The van der Waals surface area contributed by atoms with E-state index >= 15 is 0 Å². The van der Waals surface area contributed by atoms with Gasteiger partial charge in [0.2, 0.25) is 0 Å². The molecule has 0 radical (unpaired) electrons. The van der Waals surface area contributed by atoms with Crippen molar-refractivity contribution in [1.29, 1.82) is 0 Å². The third-order valence-corrected chi connectivity index (χ3v) is 2.40. The minimum Gasteiger partial charge on any atom is -0.479 e. The number of rotatable bonds is 5. The van der Waals surface area contributed by atoms with Crippen LogP contribution in [0.5, 0.6) is 0 Å². The summed E-state index contributed by atoms with van der Waals surface area (Å²) >= 11 is 0. The molecule has 80 valence electrons. The van der Waals surface area contributed by atoms with Crippen molar-refractivity contribution in [3.63, 3.8) is 0 Å². The molecule has 14 heavy (non-hydrogen) atoms. The highest BCUT2D eigenvalue weighted by atomic mass is 16.5. The molecule has 0 aromatic heterocycles. The Morgan fingerprint density at radius 2 is 2.50 bits per heavy atom. The lowest BCUT2D eigenvalue weighted by atomic mass is 10.2. The van der Waals surface area contributed by atoms with E-state index in [1.807, 2.05) is 13.0 Å². The van der Waals surface area contributed by atoms with Crippen LogP contribution in [0.1, 0.15) is 19.8 Å². The molecular formula is C10H17NO3. The average Bonchev–Trinajstić information content (AvgIpc) is 2.62. The third kappa shape index (κ3) is 3.12. The van der Waals surface area contributed by atoms with Gasteiger partial charge in [0.1, 0.15) is 0 Å². The van der Waals surface area contributed by atoms with Gasteiger partial charge >= 0.3 is 5.97 Å². The molecule has 4 nitrogen and oxygen atoms in total. The van der Waals surface area contributed by atoms with Crippen molar-refractivity contribution in [2.45, 2.75) is 38.0 Å². The fourth-order valence-corrected chi connectivity index (χ4v) is 1.44. The first-order chi connectivity index (χ1) is 6.63. The second-order valence-corrected chi connectivity index (χ2v) is 3.59. The van der Waals surface area contributed by atoms with E-state index in [2.05, 4.69) is 11.9 Å². The van der Waals surface area contributed by atoms with Crippen LogP contribution in [-0.4, -0.2) is 35.9 Å². The number of aliphatic carboxylic acids is 1. The monoisotopic (exact) mass is 199 g/mol. The summed E-state index contributed by atoms with van der Waals surface area (Å²) in [7, 11) is 0. The quantitative estimate of drug-likeness (QED) is 0.642. The van der Waals surface area contributed by atoms with Crippen LogP contribution < -0.4 is 5.32 Å². The molecule has 0 aromatic carbocycles. The highest BCUT2D eigenvalue weighted by Gasteiger charge is 2.30. The first-order valence-electron chi connectivity index (χ1n) is 4.87. The van der Waals surface area contributed by atoms with Gasteiger partial charge in [-0.1, -0.05) is 6.08 Å². The second kappa shape index (κ2) is 5.12. The van der Waals surface area contributed by atoms with Crippen LogP contribution in [0.25, 0.3) is 0 Å². The van der Waals surface area contributed by atoms with Crippen molar-refractivity contribution >= 4 is 5.97 Å². The Morgan fingerprint density at radius 1 is 1.79 bits per heavy atom. The number of nitrogens with one attached hydrogen (secondary N) is 1. The van der Waals surface area contributed by atoms with Crippen LogP contribution in [-0.2, 0) is 9.53 Å². The van der Waals surface area contributed by atoms with Crippen LogP contribution >= 0.6 is 0 Å². The van der Waals surface area contributed by atoms with E-state index < -0.39 is 12.1 Å².